The minimum Gasteiger partial charge on any atom is -0.368 e. The van der Waals surface area contributed by atoms with Gasteiger partial charge in [-0.1, -0.05) is 26.7 Å². The number of primary amides is 1. The molecule has 1 aliphatic carbocycles. The van der Waals surface area contributed by atoms with Crippen molar-refractivity contribution < 1.29 is 4.79 Å². The third-order valence-electron chi connectivity index (χ3n) is 3.49. The lowest BCUT2D eigenvalue weighted by molar-refractivity contribution is -0.124. The molecular formula is C14H28N2OS. The second-order valence-electron chi connectivity index (χ2n) is 5.71. The second kappa shape index (κ2) is 7.39. The molecule has 0 aromatic heterocycles. The number of nitrogens with two attached hydrogens (primary N) is 1. The summed E-state index contributed by atoms with van der Waals surface area (Å²) < 4.78 is 0. The molecule has 18 heavy (non-hydrogen) atoms. The van der Waals surface area contributed by atoms with E-state index >= 15 is 0 Å². The molecule has 0 saturated heterocycles. The Bertz CT molecular complexity index is 269. The van der Waals surface area contributed by atoms with Gasteiger partial charge in [-0.2, -0.15) is 11.8 Å². The number of rotatable bonds is 10. The second-order valence-corrected chi connectivity index (χ2v) is 7.25. The van der Waals surface area contributed by atoms with Crippen LogP contribution in [0.3, 0.4) is 0 Å². The van der Waals surface area contributed by atoms with Gasteiger partial charge in [0.15, 0.2) is 0 Å². The maximum absolute atomic E-state index is 11.6. The van der Waals surface area contributed by atoms with Crippen LogP contribution >= 0.6 is 11.8 Å². The van der Waals surface area contributed by atoms with Gasteiger partial charge >= 0.3 is 0 Å². The van der Waals surface area contributed by atoms with Crippen LogP contribution in [0.4, 0.5) is 0 Å². The van der Waals surface area contributed by atoms with Crippen LogP contribution in [0, 0.1) is 0 Å². The van der Waals surface area contributed by atoms with Crippen LogP contribution in [-0.2, 0) is 4.79 Å². The molecule has 0 aromatic carbocycles. The van der Waals surface area contributed by atoms with Gasteiger partial charge in [-0.3, -0.25) is 4.79 Å². The van der Waals surface area contributed by atoms with Gasteiger partial charge in [-0.15, -0.1) is 0 Å². The van der Waals surface area contributed by atoms with Crippen molar-refractivity contribution in [2.45, 2.75) is 76.1 Å². The Hall–Kier alpha value is -0.220. The van der Waals surface area contributed by atoms with Gasteiger partial charge in [0, 0.05) is 11.3 Å². The number of carbonyl (C=O) groups excluding carboxylic acids is 1. The summed E-state index contributed by atoms with van der Waals surface area (Å²) in [5.74, 6) is 0.975. The highest BCUT2D eigenvalue weighted by Gasteiger charge is 2.37. The summed E-state index contributed by atoms with van der Waals surface area (Å²) in [5, 5.41) is 3.89. The van der Waals surface area contributed by atoms with Gasteiger partial charge in [-0.05, 0) is 38.4 Å². The normalized spacial score (nSPS) is 20.4. The van der Waals surface area contributed by atoms with Crippen LogP contribution in [0.1, 0.15) is 59.3 Å². The van der Waals surface area contributed by atoms with E-state index in [2.05, 4.69) is 19.2 Å². The average Bonchev–Trinajstić information content (AvgIpc) is 3.07. The zero-order valence-corrected chi connectivity index (χ0v) is 12.8. The average molecular weight is 272 g/mol. The molecule has 0 bridgehead atoms. The summed E-state index contributed by atoms with van der Waals surface area (Å²) in [5.41, 5.74) is 5.03. The lowest BCUT2D eigenvalue weighted by Gasteiger charge is -2.30. The standard InChI is InChI=1S/C14H28N2OS/c1-4-5-6-9-18-11(2)10-14(3,13(15)17)16-12-7-8-12/h11-12,16H,4-10H2,1-3H3,(H2,15,17). The maximum Gasteiger partial charge on any atom is 0.237 e. The van der Waals surface area contributed by atoms with Gasteiger partial charge in [0.05, 0.1) is 5.54 Å². The molecule has 3 nitrogen and oxygen atoms in total. The summed E-state index contributed by atoms with van der Waals surface area (Å²) in [6.07, 6.45) is 7.02. The quantitative estimate of drug-likeness (QED) is 0.601. The van der Waals surface area contributed by atoms with Crippen molar-refractivity contribution in [2.75, 3.05) is 5.75 Å². The minimum atomic E-state index is -0.529. The van der Waals surface area contributed by atoms with Gasteiger partial charge in [0.25, 0.3) is 0 Å². The van der Waals surface area contributed by atoms with E-state index in [0.717, 1.165) is 6.42 Å². The predicted octanol–water partition coefficient (Wildman–Crippen LogP) is 2.68. The van der Waals surface area contributed by atoms with Gasteiger partial charge in [-0.25, -0.2) is 0 Å². The summed E-state index contributed by atoms with van der Waals surface area (Å²) in [4.78, 5) is 11.6. The Kier molecular flexibility index (Phi) is 6.50. The van der Waals surface area contributed by atoms with Gasteiger partial charge in [0.2, 0.25) is 5.91 Å². The van der Waals surface area contributed by atoms with Crippen molar-refractivity contribution in [2.24, 2.45) is 5.73 Å². The smallest absolute Gasteiger partial charge is 0.237 e. The zero-order valence-electron chi connectivity index (χ0n) is 12.0. The predicted molar refractivity (Wildman–Crippen MR) is 79.8 cm³/mol. The summed E-state index contributed by atoms with van der Waals surface area (Å²) >= 11 is 1.96. The lowest BCUT2D eigenvalue weighted by atomic mass is 9.95. The van der Waals surface area contributed by atoms with Crippen molar-refractivity contribution in [3.05, 3.63) is 0 Å². The molecule has 2 unspecified atom stereocenters. The van der Waals surface area contributed by atoms with Crippen LogP contribution in [0.25, 0.3) is 0 Å². The highest BCUT2D eigenvalue weighted by Crippen LogP contribution is 2.28. The molecule has 1 saturated carbocycles. The van der Waals surface area contributed by atoms with Crippen LogP contribution in [0.5, 0.6) is 0 Å². The van der Waals surface area contributed by atoms with Crippen molar-refractivity contribution >= 4 is 17.7 Å². The first kappa shape index (κ1) is 15.8. The highest BCUT2D eigenvalue weighted by atomic mass is 32.2. The Morgan fingerprint density at radius 1 is 1.50 bits per heavy atom. The zero-order chi connectivity index (χ0) is 13.6. The van der Waals surface area contributed by atoms with E-state index in [0.29, 0.717) is 11.3 Å². The molecule has 1 amide bonds. The molecule has 2 atom stereocenters. The van der Waals surface area contributed by atoms with Crippen molar-refractivity contribution in [3.63, 3.8) is 0 Å². The fourth-order valence-corrected chi connectivity index (χ4v) is 3.40. The number of amides is 1. The van der Waals surface area contributed by atoms with E-state index in [4.69, 9.17) is 5.73 Å². The van der Waals surface area contributed by atoms with Crippen molar-refractivity contribution in [1.29, 1.82) is 0 Å². The number of thioether (sulfide) groups is 1. The van der Waals surface area contributed by atoms with Crippen LogP contribution in [0.15, 0.2) is 0 Å². The van der Waals surface area contributed by atoms with E-state index < -0.39 is 5.54 Å². The number of unbranched alkanes of at least 4 members (excludes halogenated alkanes) is 2. The summed E-state index contributed by atoms with van der Waals surface area (Å²) in [6.45, 7) is 6.38. The van der Waals surface area contributed by atoms with E-state index in [1.807, 2.05) is 18.7 Å². The Balaban J connectivity index is 2.32. The number of nitrogens with one attached hydrogen (secondary N) is 1. The molecule has 106 valence electrons. The first-order valence-corrected chi connectivity index (χ1v) is 8.22. The van der Waals surface area contributed by atoms with Crippen molar-refractivity contribution in [3.8, 4) is 0 Å². The molecule has 1 aliphatic rings. The van der Waals surface area contributed by atoms with E-state index in [1.54, 1.807) is 0 Å². The number of carbonyl (C=O) groups is 1. The van der Waals surface area contributed by atoms with Gasteiger partial charge in [0.1, 0.15) is 0 Å². The fourth-order valence-electron chi connectivity index (χ4n) is 2.18. The summed E-state index contributed by atoms with van der Waals surface area (Å²) in [7, 11) is 0. The first-order chi connectivity index (χ1) is 8.48. The molecule has 0 radical (unpaired) electrons. The third kappa shape index (κ3) is 5.61. The van der Waals surface area contributed by atoms with E-state index in [9.17, 15) is 4.79 Å². The molecule has 4 heteroatoms. The largest absolute Gasteiger partial charge is 0.368 e. The van der Waals surface area contributed by atoms with Gasteiger partial charge < -0.3 is 11.1 Å². The topological polar surface area (TPSA) is 55.1 Å². The van der Waals surface area contributed by atoms with Crippen molar-refractivity contribution in [1.82, 2.24) is 5.32 Å². The molecule has 0 heterocycles. The monoisotopic (exact) mass is 272 g/mol. The molecule has 0 spiro atoms. The highest BCUT2D eigenvalue weighted by molar-refractivity contribution is 7.99. The molecule has 0 aliphatic heterocycles. The minimum absolute atomic E-state index is 0.213. The van der Waals surface area contributed by atoms with Crippen LogP contribution < -0.4 is 11.1 Å². The Labute approximate surface area is 116 Å². The first-order valence-electron chi connectivity index (χ1n) is 7.17. The molecular weight excluding hydrogens is 244 g/mol. The Morgan fingerprint density at radius 2 is 2.17 bits per heavy atom. The maximum atomic E-state index is 11.6. The van der Waals surface area contributed by atoms with E-state index in [-0.39, 0.29) is 5.91 Å². The molecule has 1 fully saturated rings. The van der Waals surface area contributed by atoms with Crippen LogP contribution in [-0.4, -0.2) is 28.5 Å². The Morgan fingerprint density at radius 3 is 2.67 bits per heavy atom. The number of hydrogen-bond acceptors (Lipinski definition) is 3. The molecule has 3 N–H and O–H groups in total. The molecule has 1 rings (SSSR count). The third-order valence-corrected chi connectivity index (χ3v) is 4.75. The van der Waals surface area contributed by atoms with E-state index in [1.165, 1.54) is 37.9 Å². The number of hydrogen-bond donors (Lipinski definition) is 2. The molecule has 0 aromatic rings. The summed E-state index contributed by atoms with van der Waals surface area (Å²) in [6, 6.07) is 0.514. The lowest BCUT2D eigenvalue weighted by Crippen LogP contribution is -2.55. The fraction of sp³-hybridized carbons (Fsp3) is 0.929. The van der Waals surface area contributed by atoms with Crippen LogP contribution in [0.2, 0.25) is 0 Å². The SMILES string of the molecule is CCCCCSC(C)CC(C)(NC1CC1)C(N)=O.